The lowest BCUT2D eigenvalue weighted by Gasteiger charge is -2.17. The van der Waals surface area contributed by atoms with Gasteiger partial charge < -0.3 is 10.0 Å². The number of nitrogens with zero attached hydrogens (tertiary/aromatic N) is 2. The third kappa shape index (κ3) is 4.13. The summed E-state index contributed by atoms with van der Waals surface area (Å²) in [6, 6.07) is 20.6. The predicted octanol–water partition coefficient (Wildman–Crippen LogP) is 4.20. The first-order chi connectivity index (χ1) is 16.3. The van der Waals surface area contributed by atoms with Crippen molar-refractivity contribution >= 4 is 54.8 Å². The molecular formula is C24H19N3O5S2. The van der Waals surface area contributed by atoms with E-state index >= 15 is 0 Å². The number of rotatable bonds is 6. The summed E-state index contributed by atoms with van der Waals surface area (Å²) < 4.78 is 29.9. The number of benzene rings is 3. The van der Waals surface area contributed by atoms with Gasteiger partial charge in [0.2, 0.25) is 5.91 Å². The molecule has 0 bridgehead atoms. The van der Waals surface area contributed by atoms with Gasteiger partial charge in [-0.15, -0.1) is 11.3 Å². The number of hydrogen-bond donors (Lipinski definition) is 2. The molecule has 8 nitrogen and oxygen atoms in total. The van der Waals surface area contributed by atoms with E-state index in [-0.39, 0.29) is 23.8 Å². The van der Waals surface area contributed by atoms with Gasteiger partial charge in [0.25, 0.3) is 10.0 Å². The maximum atomic E-state index is 13.1. The SMILES string of the molecule is O=C(O)C1CC(=O)N(c2ccc(S(=O)(=O)Nc3ccccc3-c3nc4ccccc4s3)cc2)C1. The van der Waals surface area contributed by atoms with Crippen LogP contribution in [0.3, 0.4) is 0 Å². The fraction of sp³-hybridized carbons (Fsp3) is 0.125. The van der Waals surface area contributed by atoms with Gasteiger partial charge in [-0.2, -0.15) is 0 Å². The number of carbonyl (C=O) groups excluding carboxylic acids is 1. The number of anilines is 2. The van der Waals surface area contributed by atoms with Gasteiger partial charge in [-0.25, -0.2) is 13.4 Å². The van der Waals surface area contributed by atoms with E-state index in [0.717, 1.165) is 10.2 Å². The zero-order chi connectivity index (χ0) is 23.9. The molecule has 2 heterocycles. The van der Waals surface area contributed by atoms with Crippen molar-refractivity contribution in [3.8, 4) is 10.6 Å². The highest BCUT2D eigenvalue weighted by Gasteiger charge is 2.35. The van der Waals surface area contributed by atoms with E-state index < -0.39 is 21.9 Å². The Morgan fingerprint density at radius 2 is 1.74 bits per heavy atom. The molecule has 1 aliphatic rings. The molecule has 1 fully saturated rings. The summed E-state index contributed by atoms with van der Waals surface area (Å²) >= 11 is 1.48. The molecule has 1 unspecified atom stereocenters. The van der Waals surface area contributed by atoms with E-state index in [1.165, 1.54) is 40.5 Å². The molecule has 1 atom stereocenters. The Morgan fingerprint density at radius 1 is 1.03 bits per heavy atom. The number of nitrogens with one attached hydrogen (secondary N) is 1. The number of carboxylic acids is 1. The molecule has 34 heavy (non-hydrogen) atoms. The van der Waals surface area contributed by atoms with Crippen molar-refractivity contribution in [3.63, 3.8) is 0 Å². The molecule has 1 aliphatic heterocycles. The van der Waals surface area contributed by atoms with Crippen LogP contribution in [0, 0.1) is 5.92 Å². The predicted molar refractivity (Wildman–Crippen MR) is 130 cm³/mol. The van der Waals surface area contributed by atoms with Crippen LogP contribution in [0.2, 0.25) is 0 Å². The Balaban J connectivity index is 1.40. The molecule has 4 aromatic rings. The van der Waals surface area contributed by atoms with Crippen LogP contribution in [0.4, 0.5) is 11.4 Å². The lowest BCUT2D eigenvalue weighted by Crippen LogP contribution is -2.25. The molecule has 172 valence electrons. The monoisotopic (exact) mass is 493 g/mol. The zero-order valence-corrected chi connectivity index (χ0v) is 19.3. The molecule has 1 amide bonds. The van der Waals surface area contributed by atoms with Crippen molar-refractivity contribution in [2.75, 3.05) is 16.2 Å². The maximum absolute atomic E-state index is 13.1. The van der Waals surface area contributed by atoms with Crippen LogP contribution in [0.5, 0.6) is 0 Å². The Bertz CT molecular complexity index is 1480. The third-order valence-electron chi connectivity index (χ3n) is 5.63. The molecule has 3 aromatic carbocycles. The summed E-state index contributed by atoms with van der Waals surface area (Å²) in [5.41, 5.74) is 2.39. The number of thiazole rings is 1. The van der Waals surface area contributed by atoms with Crippen LogP contribution in [0.1, 0.15) is 6.42 Å². The lowest BCUT2D eigenvalue weighted by atomic mass is 10.1. The Labute approximate surface area is 199 Å². The normalized spacial score (nSPS) is 16.2. The number of para-hydroxylation sites is 2. The van der Waals surface area contributed by atoms with Gasteiger partial charge in [-0.1, -0.05) is 24.3 Å². The minimum absolute atomic E-state index is 0.0248. The molecule has 1 aromatic heterocycles. The fourth-order valence-corrected chi connectivity index (χ4v) is 5.96. The standard InChI is InChI=1S/C24H19N3O5S2/c28-22-13-15(24(29)30)14-27(22)16-9-11-17(12-10-16)34(31,32)26-19-6-2-1-5-18(19)23-25-20-7-3-4-8-21(20)33-23/h1-12,15,26H,13-14H2,(H,29,30). The number of sulfonamides is 1. The van der Waals surface area contributed by atoms with Crippen LogP contribution in [-0.4, -0.2) is 36.9 Å². The molecule has 0 spiro atoms. The van der Waals surface area contributed by atoms with Crippen LogP contribution in [0.15, 0.2) is 77.7 Å². The van der Waals surface area contributed by atoms with Gasteiger partial charge in [0.15, 0.2) is 0 Å². The average Bonchev–Trinajstić information content (AvgIpc) is 3.43. The van der Waals surface area contributed by atoms with Crippen molar-refractivity contribution in [1.82, 2.24) is 4.98 Å². The summed E-state index contributed by atoms with van der Waals surface area (Å²) in [6.07, 6.45) is -0.0700. The van der Waals surface area contributed by atoms with E-state index in [1.807, 2.05) is 36.4 Å². The van der Waals surface area contributed by atoms with Crippen LogP contribution >= 0.6 is 11.3 Å². The van der Waals surface area contributed by atoms with Crippen LogP contribution < -0.4 is 9.62 Å². The van der Waals surface area contributed by atoms with Crippen molar-refractivity contribution in [1.29, 1.82) is 0 Å². The molecule has 0 aliphatic carbocycles. The number of hydrogen-bond acceptors (Lipinski definition) is 6. The first-order valence-corrected chi connectivity index (χ1v) is 12.7. The van der Waals surface area contributed by atoms with E-state index in [2.05, 4.69) is 9.71 Å². The molecule has 0 radical (unpaired) electrons. The summed E-state index contributed by atoms with van der Waals surface area (Å²) in [6.45, 7) is 0.0635. The Kier molecular flexibility index (Phi) is 5.54. The second kappa shape index (κ2) is 8.54. The molecule has 5 rings (SSSR count). The molecule has 2 N–H and O–H groups in total. The van der Waals surface area contributed by atoms with Crippen molar-refractivity contribution in [2.24, 2.45) is 5.92 Å². The quantitative estimate of drug-likeness (QED) is 0.416. The highest BCUT2D eigenvalue weighted by atomic mass is 32.2. The number of aromatic nitrogens is 1. The third-order valence-corrected chi connectivity index (χ3v) is 8.08. The lowest BCUT2D eigenvalue weighted by molar-refractivity contribution is -0.141. The van der Waals surface area contributed by atoms with Crippen LogP contribution in [0.25, 0.3) is 20.8 Å². The van der Waals surface area contributed by atoms with Gasteiger partial charge in [-0.05, 0) is 48.5 Å². The molecule has 0 saturated carbocycles. The number of amides is 1. The molecular weight excluding hydrogens is 474 g/mol. The Morgan fingerprint density at radius 3 is 2.44 bits per heavy atom. The summed E-state index contributed by atoms with van der Waals surface area (Å²) in [7, 11) is -3.92. The Hall–Kier alpha value is -3.76. The highest BCUT2D eigenvalue weighted by molar-refractivity contribution is 7.92. The highest BCUT2D eigenvalue weighted by Crippen LogP contribution is 2.35. The van der Waals surface area contributed by atoms with Gasteiger partial charge in [0.05, 0.1) is 26.7 Å². The fourth-order valence-electron chi connectivity index (χ4n) is 3.88. The minimum atomic E-state index is -3.92. The number of fused-ring (bicyclic) bond motifs is 1. The second-order valence-electron chi connectivity index (χ2n) is 7.88. The van der Waals surface area contributed by atoms with Gasteiger partial charge in [-0.3, -0.25) is 14.3 Å². The van der Waals surface area contributed by atoms with Gasteiger partial charge in [0, 0.05) is 24.2 Å². The molecule has 10 heteroatoms. The zero-order valence-electron chi connectivity index (χ0n) is 17.7. The number of aliphatic carboxylic acids is 1. The summed E-state index contributed by atoms with van der Waals surface area (Å²) in [5.74, 6) is -2.09. The van der Waals surface area contributed by atoms with Crippen molar-refractivity contribution in [2.45, 2.75) is 11.3 Å². The largest absolute Gasteiger partial charge is 0.481 e. The topological polar surface area (TPSA) is 117 Å². The molecule has 1 saturated heterocycles. The van der Waals surface area contributed by atoms with Gasteiger partial charge in [0.1, 0.15) is 5.01 Å². The van der Waals surface area contributed by atoms with Crippen molar-refractivity contribution < 1.29 is 23.1 Å². The minimum Gasteiger partial charge on any atom is -0.481 e. The first-order valence-electron chi connectivity index (χ1n) is 10.4. The van der Waals surface area contributed by atoms with E-state index in [1.54, 1.807) is 12.1 Å². The van der Waals surface area contributed by atoms with Gasteiger partial charge >= 0.3 is 5.97 Å². The summed E-state index contributed by atoms with van der Waals surface area (Å²) in [5, 5.41) is 9.87. The smallest absolute Gasteiger partial charge is 0.308 e. The second-order valence-corrected chi connectivity index (χ2v) is 10.6. The number of carboxylic acid groups (broad SMARTS) is 1. The number of carbonyl (C=O) groups is 2. The first kappa shape index (κ1) is 22.1. The van der Waals surface area contributed by atoms with E-state index in [0.29, 0.717) is 21.9 Å². The average molecular weight is 494 g/mol. The van der Waals surface area contributed by atoms with E-state index in [4.69, 9.17) is 5.11 Å². The summed E-state index contributed by atoms with van der Waals surface area (Å²) in [4.78, 5) is 29.4. The maximum Gasteiger partial charge on any atom is 0.308 e. The van der Waals surface area contributed by atoms with Crippen molar-refractivity contribution in [3.05, 3.63) is 72.8 Å². The van der Waals surface area contributed by atoms with E-state index in [9.17, 15) is 18.0 Å². The van der Waals surface area contributed by atoms with Crippen LogP contribution in [-0.2, 0) is 19.6 Å².